The zero-order valence-corrected chi connectivity index (χ0v) is 12.6. The van der Waals surface area contributed by atoms with Crippen molar-refractivity contribution < 1.29 is 4.79 Å². The minimum absolute atomic E-state index is 0.0145. The summed E-state index contributed by atoms with van der Waals surface area (Å²) in [7, 11) is 2.25. The van der Waals surface area contributed by atoms with Gasteiger partial charge >= 0.3 is 0 Å². The molecule has 0 spiro atoms. The van der Waals surface area contributed by atoms with Crippen LogP contribution in [0.2, 0.25) is 0 Å². The lowest BCUT2D eigenvalue weighted by Crippen LogP contribution is -2.53. The molecule has 0 saturated carbocycles. The fraction of sp³-hybridized carbons (Fsp3) is 0.933. The van der Waals surface area contributed by atoms with E-state index < -0.39 is 5.54 Å². The van der Waals surface area contributed by atoms with Gasteiger partial charge in [0.1, 0.15) is 0 Å². The predicted molar refractivity (Wildman–Crippen MR) is 77.8 cm³/mol. The Morgan fingerprint density at radius 2 is 1.95 bits per heavy atom. The van der Waals surface area contributed by atoms with Crippen molar-refractivity contribution >= 4 is 5.91 Å². The molecule has 2 fully saturated rings. The van der Waals surface area contributed by atoms with Gasteiger partial charge in [-0.1, -0.05) is 13.3 Å². The molecule has 110 valence electrons. The maximum absolute atomic E-state index is 12.1. The van der Waals surface area contributed by atoms with Gasteiger partial charge in [0.2, 0.25) is 5.91 Å². The highest BCUT2D eigenvalue weighted by molar-refractivity contribution is 5.85. The van der Waals surface area contributed by atoms with Gasteiger partial charge in [-0.2, -0.15) is 0 Å². The Labute approximate surface area is 117 Å². The van der Waals surface area contributed by atoms with Crippen LogP contribution in [0, 0.1) is 5.92 Å². The van der Waals surface area contributed by atoms with Crippen molar-refractivity contribution in [1.29, 1.82) is 0 Å². The average Bonchev–Trinajstić information content (AvgIpc) is 2.59. The Kier molecular flexibility index (Phi) is 4.51. The fourth-order valence-corrected chi connectivity index (χ4v) is 3.76. The van der Waals surface area contributed by atoms with Crippen molar-refractivity contribution in [2.45, 2.75) is 70.0 Å². The van der Waals surface area contributed by atoms with Gasteiger partial charge in [-0.05, 0) is 52.0 Å². The second-order valence-electron chi connectivity index (χ2n) is 6.77. The van der Waals surface area contributed by atoms with E-state index in [4.69, 9.17) is 5.73 Å². The molecule has 1 amide bonds. The summed E-state index contributed by atoms with van der Waals surface area (Å²) in [5, 5.41) is 3.08. The number of carbonyl (C=O) groups excluding carboxylic acids is 1. The largest absolute Gasteiger partial charge is 0.354 e. The van der Waals surface area contributed by atoms with E-state index in [2.05, 4.69) is 24.2 Å². The molecule has 4 nitrogen and oxygen atoms in total. The monoisotopic (exact) mass is 267 g/mol. The zero-order chi connectivity index (χ0) is 14.0. The normalized spacial score (nSPS) is 34.0. The maximum Gasteiger partial charge on any atom is 0.239 e. The average molecular weight is 267 g/mol. The number of rotatable bonds is 5. The highest BCUT2D eigenvalue weighted by Crippen LogP contribution is 2.37. The molecule has 2 aliphatic heterocycles. The number of hydrogen-bond donors (Lipinski definition) is 2. The Balaban J connectivity index is 1.79. The number of amides is 1. The quantitative estimate of drug-likeness (QED) is 0.793. The summed E-state index contributed by atoms with van der Waals surface area (Å²) in [6.45, 7) is 4.70. The van der Waals surface area contributed by atoms with Crippen LogP contribution >= 0.6 is 0 Å². The van der Waals surface area contributed by atoms with Gasteiger partial charge in [-0.15, -0.1) is 0 Å². The third kappa shape index (κ3) is 3.29. The Morgan fingerprint density at radius 1 is 1.37 bits per heavy atom. The maximum atomic E-state index is 12.1. The molecular weight excluding hydrogens is 238 g/mol. The number of carbonyl (C=O) groups is 1. The second kappa shape index (κ2) is 5.80. The van der Waals surface area contributed by atoms with Gasteiger partial charge in [-0.25, -0.2) is 0 Å². The lowest BCUT2D eigenvalue weighted by Gasteiger charge is -2.36. The summed E-state index contributed by atoms with van der Waals surface area (Å²) in [5.41, 5.74) is 5.35. The standard InChI is InChI=1S/C15H29N3O/c1-4-7-15(2,16)14(19)17-10-11-8-12-5-6-13(9-11)18(12)3/h11-13H,4-10,16H2,1-3H3,(H,17,19). The van der Waals surface area contributed by atoms with Crippen LogP contribution in [0.4, 0.5) is 0 Å². The first-order valence-corrected chi connectivity index (χ1v) is 7.73. The van der Waals surface area contributed by atoms with E-state index in [1.165, 1.54) is 25.7 Å². The fourth-order valence-electron chi connectivity index (χ4n) is 3.76. The summed E-state index contributed by atoms with van der Waals surface area (Å²) in [6, 6.07) is 1.47. The lowest BCUT2D eigenvalue weighted by molar-refractivity contribution is -0.126. The number of fused-ring (bicyclic) bond motifs is 2. The molecule has 2 saturated heterocycles. The highest BCUT2D eigenvalue weighted by atomic mass is 16.2. The molecule has 2 rings (SSSR count). The molecule has 2 aliphatic rings. The van der Waals surface area contributed by atoms with E-state index in [-0.39, 0.29) is 5.91 Å². The molecule has 2 bridgehead atoms. The molecule has 0 aromatic heterocycles. The number of nitrogens with one attached hydrogen (secondary N) is 1. The van der Waals surface area contributed by atoms with Crippen molar-refractivity contribution in [2.75, 3.05) is 13.6 Å². The molecule has 19 heavy (non-hydrogen) atoms. The van der Waals surface area contributed by atoms with Crippen molar-refractivity contribution in [1.82, 2.24) is 10.2 Å². The zero-order valence-electron chi connectivity index (χ0n) is 12.6. The Hall–Kier alpha value is -0.610. The van der Waals surface area contributed by atoms with Crippen LogP contribution in [-0.2, 0) is 4.79 Å². The third-order valence-electron chi connectivity index (χ3n) is 5.04. The number of piperidine rings is 1. The van der Waals surface area contributed by atoms with Crippen LogP contribution in [0.25, 0.3) is 0 Å². The Bertz CT molecular complexity index is 315. The third-order valence-corrected chi connectivity index (χ3v) is 5.04. The minimum atomic E-state index is -0.709. The highest BCUT2D eigenvalue weighted by Gasteiger charge is 2.38. The lowest BCUT2D eigenvalue weighted by atomic mass is 9.90. The molecule has 4 heteroatoms. The van der Waals surface area contributed by atoms with Gasteiger partial charge in [0.25, 0.3) is 0 Å². The molecule has 3 atom stereocenters. The summed E-state index contributed by atoms with van der Waals surface area (Å²) in [6.07, 6.45) is 6.80. The summed E-state index contributed by atoms with van der Waals surface area (Å²) in [4.78, 5) is 14.6. The van der Waals surface area contributed by atoms with Crippen molar-refractivity contribution in [3.8, 4) is 0 Å². The molecule has 0 radical (unpaired) electrons. The van der Waals surface area contributed by atoms with Gasteiger partial charge in [0.05, 0.1) is 5.54 Å². The molecular formula is C15H29N3O. The second-order valence-corrected chi connectivity index (χ2v) is 6.77. The number of nitrogens with zero attached hydrogens (tertiary/aromatic N) is 1. The van der Waals surface area contributed by atoms with Gasteiger partial charge in [-0.3, -0.25) is 4.79 Å². The van der Waals surface area contributed by atoms with Crippen molar-refractivity contribution in [2.24, 2.45) is 11.7 Å². The predicted octanol–water partition coefficient (Wildman–Crippen LogP) is 1.49. The van der Waals surface area contributed by atoms with E-state index in [0.717, 1.165) is 31.5 Å². The summed E-state index contributed by atoms with van der Waals surface area (Å²) >= 11 is 0. The molecule has 0 aromatic carbocycles. The van der Waals surface area contributed by atoms with Crippen molar-refractivity contribution in [3.05, 3.63) is 0 Å². The molecule has 3 N–H and O–H groups in total. The first-order valence-electron chi connectivity index (χ1n) is 7.73. The smallest absolute Gasteiger partial charge is 0.239 e. The van der Waals surface area contributed by atoms with E-state index in [1.807, 2.05) is 6.92 Å². The summed E-state index contributed by atoms with van der Waals surface area (Å²) < 4.78 is 0. The summed E-state index contributed by atoms with van der Waals surface area (Å²) in [5.74, 6) is 0.649. The SMILES string of the molecule is CCCC(C)(N)C(=O)NCC1CC2CCC(C1)N2C. The van der Waals surface area contributed by atoms with Crippen LogP contribution in [0.5, 0.6) is 0 Å². The van der Waals surface area contributed by atoms with Crippen molar-refractivity contribution in [3.63, 3.8) is 0 Å². The van der Waals surface area contributed by atoms with Crippen LogP contribution < -0.4 is 11.1 Å². The Morgan fingerprint density at radius 3 is 2.47 bits per heavy atom. The van der Waals surface area contributed by atoms with E-state index in [9.17, 15) is 4.79 Å². The first-order chi connectivity index (χ1) is 8.94. The van der Waals surface area contributed by atoms with Gasteiger partial charge in [0, 0.05) is 18.6 Å². The molecule has 0 aliphatic carbocycles. The van der Waals surface area contributed by atoms with Gasteiger partial charge in [0.15, 0.2) is 0 Å². The number of hydrogen-bond acceptors (Lipinski definition) is 3. The van der Waals surface area contributed by atoms with Gasteiger partial charge < -0.3 is 16.0 Å². The topological polar surface area (TPSA) is 58.4 Å². The van der Waals surface area contributed by atoms with E-state index in [1.54, 1.807) is 0 Å². The molecule has 0 aromatic rings. The van der Waals surface area contributed by atoms with Crippen LogP contribution in [0.15, 0.2) is 0 Å². The molecule has 2 heterocycles. The van der Waals surface area contributed by atoms with E-state index >= 15 is 0 Å². The van der Waals surface area contributed by atoms with Crippen LogP contribution in [0.1, 0.15) is 52.4 Å². The minimum Gasteiger partial charge on any atom is -0.354 e. The first kappa shape index (κ1) is 14.8. The molecule has 3 unspecified atom stereocenters. The van der Waals surface area contributed by atoms with Crippen LogP contribution in [0.3, 0.4) is 0 Å². The van der Waals surface area contributed by atoms with E-state index in [0.29, 0.717) is 5.92 Å². The van der Waals surface area contributed by atoms with Crippen LogP contribution in [-0.4, -0.2) is 42.0 Å². The number of nitrogens with two attached hydrogens (primary N) is 1.